The van der Waals surface area contributed by atoms with Gasteiger partial charge in [-0.3, -0.25) is 4.79 Å². The zero-order valence-corrected chi connectivity index (χ0v) is 8.15. The maximum absolute atomic E-state index is 13.1. The van der Waals surface area contributed by atoms with E-state index in [-0.39, 0.29) is 11.6 Å². The van der Waals surface area contributed by atoms with Crippen LogP contribution in [0.25, 0.3) is 0 Å². The number of hydrogen-bond donors (Lipinski definition) is 0. The van der Waals surface area contributed by atoms with Crippen molar-refractivity contribution in [2.24, 2.45) is 0 Å². The van der Waals surface area contributed by atoms with Crippen molar-refractivity contribution < 1.29 is 13.9 Å². The van der Waals surface area contributed by atoms with Gasteiger partial charge in [0.25, 0.3) is 0 Å². The fourth-order valence-corrected chi connectivity index (χ4v) is 1.33. The fraction of sp³-hybridized carbons (Fsp3) is 0.222. The van der Waals surface area contributed by atoms with Crippen LogP contribution in [0.15, 0.2) is 23.1 Å². The summed E-state index contributed by atoms with van der Waals surface area (Å²) in [4.78, 5) is 11.1. The number of hydrogen-bond acceptors (Lipinski definition) is 3. The van der Waals surface area contributed by atoms with Crippen molar-refractivity contribution in [1.82, 2.24) is 0 Å². The Morgan fingerprint density at radius 3 is 2.69 bits per heavy atom. The first kappa shape index (κ1) is 10.1. The van der Waals surface area contributed by atoms with E-state index in [0.717, 1.165) is 0 Å². The Bertz CT molecular complexity index is 325. The van der Waals surface area contributed by atoms with Crippen LogP contribution >= 0.6 is 11.8 Å². The molecule has 0 aliphatic rings. The molecule has 0 radical (unpaired) electrons. The van der Waals surface area contributed by atoms with Gasteiger partial charge in [0.2, 0.25) is 0 Å². The topological polar surface area (TPSA) is 26.3 Å². The van der Waals surface area contributed by atoms with Crippen molar-refractivity contribution in [1.29, 1.82) is 0 Å². The fourth-order valence-electron chi connectivity index (χ4n) is 0.877. The summed E-state index contributed by atoms with van der Waals surface area (Å²) < 4.78 is 17.8. The summed E-state index contributed by atoms with van der Waals surface area (Å²) in [5.74, 6) is -0.578. The van der Waals surface area contributed by atoms with Crippen molar-refractivity contribution >= 4 is 17.7 Å². The van der Waals surface area contributed by atoms with Gasteiger partial charge in [0.05, 0.1) is 0 Å². The van der Waals surface area contributed by atoms with Crippen LogP contribution in [0, 0.1) is 5.82 Å². The van der Waals surface area contributed by atoms with E-state index in [2.05, 4.69) is 0 Å². The second kappa shape index (κ2) is 4.28. The lowest BCUT2D eigenvalue weighted by Gasteiger charge is -2.03. The molecule has 0 spiro atoms. The van der Waals surface area contributed by atoms with Gasteiger partial charge in [-0.2, -0.15) is 0 Å². The number of thioether (sulfide) groups is 1. The lowest BCUT2D eigenvalue weighted by atomic mass is 10.3. The minimum Gasteiger partial charge on any atom is -0.427 e. The molecule has 0 saturated carbocycles. The van der Waals surface area contributed by atoms with Gasteiger partial charge in [0.1, 0.15) is 11.6 Å². The van der Waals surface area contributed by atoms with Gasteiger partial charge in [-0.15, -0.1) is 11.8 Å². The van der Waals surface area contributed by atoms with Gasteiger partial charge in [0.15, 0.2) is 0 Å². The molecule has 1 rings (SSSR count). The predicted octanol–water partition coefficient (Wildman–Crippen LogP) is 2.47. The molecule has 0 unspecified atom stereocenters. The molecule has 2 nitrogen and oxygen atoms in total. The first-order valence-electron chi connectivity index (χ1n) is 3.65. The van der Waals surface area contributed by atoms with Gasteiger partial charge in [-0.05, 0) is 18.4 Å². The van der Waals surface area contributed by atoms with Crippen LogP contribution in [-0.4, -0.2) is 12.2 Å². The normalized spacial score (nSPS) is 9.77. The molecule has 1 aromatic rings. The Hall–Kier alpha value is -1.03. The molecule has 0 saturated heterocycles. The van der Waals surface area contributed by atoms with E-state index in [4.69, 9.17) is 4.74 Å². The first-order chi connectivity index (χ1) is 6.13. The number of rotatable bonds is 2. The van der Waals surface area contributed by atoms with E-state index < -0.39 is 5.97 Å². The molecular formula is C9H9FO2S. The van der Waals surface area contributed by atoms with Crippen LogP contribution in [0.1, 0.15) is 6.92 Å². The number of carbonyl (C=O) groups is 1. The summed E-state index contributed by atoms with van der Waals surface area (Å²) in [7, 11) is 0. The zero-order valence-electron chi connectivity index (χ0n) is 7.33. The third-order valence-corrected chi connectivity index (χ3v) is 2.16. The van der Waals surface area contributed by atoms with Crippen LogP contribution < -0.4 is 4.74 Å². The van der Waals surface area contributed by atoms with E-state index in [0.29, 0.717) is 4.90 Å². The molecule has 0 aliphatic carbocycles. The number of carbonyl (C=O) groups excluding carboxylic acids is 1. The summed E-state index contributed by atoms with van der Waals surface area (Å²) in [5, 5.41) is 0. The highest BCUT2D eigenvalue weighted by Gasteiger charge is 2.04. The second-order valence-corrected chi connectivity index (χ2v) is 3.24. The van der Waals surface area contributed by atoms with Crippen molar-refractivity contribution in [2.45, 2.75) is 11.8 Å². The molecule has 0 heterocycles. The minimum absolute atomic E-state index is 0.239. The summed E-state index contributed by atoms with van der Waals surface area (Å²) in [6, 6.07) is 4.35. The predicted molar refractivity (Wildman–Crippen MR) is 49.5 cm³/mol. The average molecular weight is 200 g/mol. The summed E-state index contributed by atoms with van der Waals surface area (Å²) in [6.45, 7) is 1.28. The van der Waals surface area contributed by atoms with E-state index >= 15 is 0 Å². The number of esters is 1. The van der Waals surface area contributed by atoms with E-state index in [1.165, 1.54) is 24.8 Å². The Balaban J connectivity index is 2.89. The molecule has 1 aromatic carbocycles. The Morgan fingerprint density at radius 1 is 1.54 bits per heavy atom. The average Bonchev–Trinajstić information content (AvgIpc) is 2.03. The molecule has 0 amide bonds. The van der Waals surface area contributed by atoms with Crippen molar-refractivity contribution in [3.8, 4) is 5.75 Å². The highest BCUT2D eigenvalue weighted by atomic mass is 32.2. The molecule has 0 aliphatic heterocycles. The van der Waals surface area contributed by atoms with E-state index in [1.54, 1.807) is 18.4 Å². The van der Waals surface area contributed by atoms with E-state index in [9.17, 15) is 9.18 Å². The van der Waals surface area contributed by atoms with Crippen LogP contribution in [0.4, 0.5) is 4.39 Å². The Labute approximate surface area is 80.1 Å². The first-order valence-corrected chi connectivity index (χ1v) is 4.88. The maximum Gasteiger partial charge on any atom is 0.308 e. The van der Waals surface area contributed by atoms with Crippen LogP contribution in [0.2, 0.25) is 0 Å². The highest BCUT2D eigenvalue weighted by molar-refractivity contribution is 7.98. The largest absolute Gasteiger partial charge is 0.427 e. The SMILES string of the molecule is CSc1ccc(OC(C)=O)cc1F. The molecule has 0 atom stereocenters. The number of benzene rings is 1. The molecule has 0 aromatic heterocycles. The number of ether oxygens (including phenoxy) is 1. The van der Waals surface area contributed by atoms with Gasteiger partial charge >= 0.3 is 5.97 Å². The van der Waals surface area contributed by atoms with Crippen molar-refractivity contribution in [3.63, 3.8) is 0 Å². The smallest absolute Gasteiger partial charge is 0.308 e. The van der Waals surface area contributed by atoms with Crippen molar-refractivity contribution in [3.05, 3.63) is 24.0 Å². The molecule has 70 valence electrons. The molecule has 0 fully saturated rings. The number of halogens is 1. The third kappa shape index (κ3) is 2.73. The summed E-state index contributed by atoms with van der Waals surface area (Å²) in [6.07, 6.45) is 1.78. The van der Waals surface area contributed by atoms with Crippen LogP contribution in [0.3, 0.4) is 0 Å². The van der Waals surface area contributed by atoms with E-state index in [1.807, 2.05) is 0 Å². The summed E-state index contributed by atoms with van der Waals surface area (Å²) in [5.41, 5.74) is 0. The molecule has 4 heteroatoms. The molecule has 0 bridgehead atoms. The van der Waals surface area contributed by atoms with Crippen molar-refractivity contribution in [2.75, 3.05) is 6.26 Å². The lowest BCUT2D eigenvalue weighted by Crippen LogP contribution is -2.01. The minimum atomic E-state index is -0.448. The lowest BCUT2D eigenvalue weighted by molar-refractivity contribution is -0.131. The third-order valence-electron chi connectivity index (χ3n) is 1.38. The van der Waals surface area contributed by atoms with Gasteiger partial charge < -0.3 is 4.74 Å². The molecule has 0 N–H and O–H groups in total. The molecule has 13 heavy (non-hydrogen) atoms. The van der Waals surface area contributed by atoms with Crippen LogP contribution in [0.5, 0.6) is 5.75 Å². The second-order valence-electron chi connectivity index (χ2n) is 2.39. The standard InChI is InChI=1S/C9H9FO2S/c1-6(11)12-7-3-4-9(13-2)8(10)5-7/h3-5H,1-2H3. The summed E-state index contributed by atoms with van der Waals surface area (Å²) >= 11 is 1.31. The Kier molecular flexibility index (Phi) is 3.31. The van der Waals surface area contributed by atoms with Gasteiger partial charge in [-0.1, -0.05) is 0 Å². The highest BCUT2D eigenvalue weighted by Crippen LogP contribution is 2.23. The van der Waals surface area contributed by atoms with Gasteiger partial charge in [-0.25, -0.2) is 4.39 Å². The quantitative estimate of drug-likeness (QED) is 0.417. The zero-order chi connectivity index (χ0) is 9.84. The van der Waals surface area contributed by atoms with Gasteiger partial charge in [0, 0.05) is 17.9 Å². The monoisotopic (exact) mass is 200 g/mol. The Morgan fingerprint density at radius 2 is 2.23 bits per heavy atom. The molecular weight excluding hydrogens is 191 g/mol. The maximum atomic E-state index is 13.1. The van der Waals surface area contributed by atoms with Crippen LogP contribution in [-0.2, 0) is 4.79 Å².